The minimum Gasteiger partial charge on any atom is -0.549 e. The zero-order valence-electron chi connectivity index (χ0n) is 10.0. The van der Waals surface area contributed by atoms with Crippen LogP contribution >= 0.6 is 23.5 Å². The molecule has 108 valence electrons. The smallest absolute Gasteiger partial charge is 0.269 e. The van der Waals surface area contributed by atoms with Gasteiger partial charge in [-0.15, -0.1) is 23.5 Å². The highest BCUT2D eigenvalue weighted by Crippen LogP contribution is 2.39. The van der Waals surface area contributed by atoms with Crippen molar-refractivity contribution in [2.45, 2.75) is 4.58 Å². The Labute approximate surface area is 122 Å². The number of carbonyl (C=O) groups is 2. The molecule has 0 heterocycles. The Morgan fingerprint density at radius 3 is 1.85 bits per heavy atom. The van der Waals surface area contributed by atoms with Crippen molar-refractivity contribution in [1.82, 2.24) is 0 Å². The molecule has 0 fully saturated rings. The SMILES string of the molecule is O=C([O-])CSC(SCC(=O)[O-])c1ccc([N+](=O)[O-])cc1. The Balaban J connectivity index is 2.81. The highest BCUT2D eigenvalue weighted by atomic mass is 32.2. The predicted octanol–water partition coefficient (Wildman–Crippen LogP) is -0.440. The van der Waals surface area contributed by atoms with Crippen molar-refractivity contribution in [3.05, 3.63) is 39.9 Å². The van der Waals surface area contributed by atoms with E-state index in [1.807, 2.05) is 0 Å². The highest BCUT2D eigenvalue weighted by molar-refractivity contribution is 8.16. The van der Waals surface area contributed by atoms with E-state index in [0.29, 0.717) is 5.56 Å². The summed E-state index contributed by atoms with van der Waals surface area (Å²) in [5.41, 5.74) is 0.496. The first-order valence-corrected chi connectivity index (χ1v) is 7.37. The molecule has 1 aromatic rings. The molecule has 0 atom stereocenters. The molecule has 0 unspecified atom stereocenters. The normalized spacial score (nSPS) is 10.4. The van der Waals surface area contributed by atoms with Crippen LogP contribution in [-0.2, 0) is 9.59 Å². The van der Waals surface area contributed by atoms with E-state index in [2.05, 4.69) is 0 Å². The van der Waals surface area contributed by atoms with Crippen LogP contribution in [0.4, 0.5) is 5.69 Å². The van der Waals surface area contributed by atoms with Crippen LogP contribution in [0.1, 0.15) is 10.1 Å². The summed E-state index contributed by atoms with van der Waals surface area (Å²) < 4.78 is -0.480. The maximum atomic E-state index is 10.5. The van der Waals surface area contributed by atoms with Gasteiger partial charge in [-0.25, -0.2) is 0 Å². The number of hydrogen-bond donors (Lipinski definition) is 0. The summed E-state index contributed by atoms with van der Waals surface area (Å²) in [6, 6.07) is 5.49. The number of carboxylic acids is 2. The third-order valence-electron chi connectivity index (χ3n) is 2.08. The van der Waals surface area contributed by atoms with Gasteiger partial charge in [-0.3, -0.25) is 10.1 Å². The first-order valence-electron chi connectivity index (χ1n) is 5.27. The molecule has 0 aliphatic carbocycles. The quantitative estimate of drug-likeness (QED) is 0.359. The van der Waals surface area contributed by atoms with E-state index in [1.54, 1.807) is 0 Å². The second-order valence-electron chi connectivity index (χ2n) is 3.55. The summed E-state index contributed by atoms with van der Waals surface area (Å²) >= 11 is 1.96. The van der Waals surface area contributed by atoms with Gasteiger partial charge < -0.3 is 19.8 Å². The summed E-state index contributed by atoms with van der Waals surface area (Å²) in [7, 11) is 0. The summed E-state index contributed by atoms with van der Waals surface area (Å²) in [4.78, 5) is 30.9. The van der Waals surface area contributed by atoms with Crippen LogP contribution in [0, 0.1) is 10.1 Å². The molecule has 7 nitrogen and oxygen atoms in total. The van der Waals surface area contributed by atoms with Crippen LogP contribution in [0.3, 0.4) is 0 Å². The molecular weight excluding hydrogens is 306 g/mol. The number of carbonyl (C=O) groups excluding carboxylic acids is 2. The molecule has 9 heteroatoms. The Morgan fingerprint density at radius 2 is 1.50 bits per heavy atom. The topological polar surface area (TPSA) is 123 Å². The lowest BCUT2D eigenvalue weighted by Gasteiger charge is -2.17. The molecule has 0 radical (unpaired) electrons. The zero-order chi connectivity index (χ0) is 15.1. The van der Waals surface area contributed by atoms with Gasteiger partial charge in [-0.1, -0.05) is 12.1 Å². The molecule has 0 amide bonds. The number of nitro benzene ring substituents is 1. The summed E-state index contributed by atoms with van der Waals surface area (Å²) in [6.45, 7) is 0. The maximum Gasteiger partial charge on any atom is 0.269 e. The lowest BCUT2D eigenvalue weighted by atomic mass is 10.2. The summed E-state index contributed by atoms with van der Waals surface area (Å²) in [5.74, 6) is -3.14. The van der Waals surface area contributed by atoms with Gasteiger partial charge in [0, 0.05) is 23.6 Å². The molecule has 20 heavy (non-hydrogen) atoms. The van der Waals surface area contributed by atoms with Crippen molar-refractivity contribution in [3.8, 4) is 0 Å². The molecule has 1 aromatic carbocycles. The summed E-state index contributed by atoms with van der Waals surface area (Å²) in [5, 5.41) is 31.5. The second kappa shape index (κ2) is 7.75. The number of hydrogen-bond acceptors (Lipinski definition) is 8. The van der Waals surface area contributed by atoms with E-state index in [0.717, 1.165) is 23.5 Å². The molecule has 0 N–H and O–H groups in total. The third-order valence-corrected chi connectivity index (χ3v) is 4.85. The molecular formula is C11H9NO6S2-2. The number of carboxylic acid groups (broad SMARTS) is 2. The van der Waals surface area contributed by atoms with E-state index in [9.17, 15) is 29.9 Å². The van der Waals surface area contributed by atoms with Crippen molar-refractivity contribution in [1.29, 1.82) is 0 Å². The Kier molecular flexibility index (Phi) is 6.32. The van der Waals surface area contributed by atoms with Crippen LogP contribution in [0.5, 0.6) is 0 Å². The van der Waals surface area contributed by atoms with Gasteiger partial charge in [0.05, 0.1) is 21.4 Å². The van der Waals surface area contributed by atoms with Gasteiger partial charge in [0.2, 0.25) is 0 Å². The van der Waals surface area contributed by atoms with Crippen molar-refractivity contribution < 1.29 is 24.7 Å². The molecule has 0 aliphatic heterocycles. The van der Waals surface area contributed by atoms with Gasteiger partial charge in [0.15, 0.2) is 0 Å². The first kappa shape index (κ1) is 16.3. The average molecular weight is 315 g/mol. The van der Waals surface area contributed by atoms with Gasteiger partial charge >= 0.3 is 0 Å². The van der Waals surface area contributed by atoms with Crippen LogP contribution in [0.25, 0.3) is 0 Å². The second-order valence-corrected chi connectivity index (χ2v) is 6.03. The fourth-order valence-electron chi connectivity index (χ4n) is 1.28. The first-order chi connectivity index (χ1) is 9.40. The molecule has 1 rings (SSSR count). The number of rotatable bonds is 8. The monoisotopic (exact) mass is 315 g/mol. The van der Waals surface area contributed by atoms with E-state index >= 15 is 0 Å². The van der Waals surface area contributed by atoms with E-state index in [-0.39, 0.29) is 17.2 Å². The summed E-state index contributed by atoms with van der Waals surface area (Å²) in [6.07, 6.45) is 0. The van der Waals surface area contributed by atoms with Gasteiger partial charge in [0.1, 0.15) is 0 Å². The van der Waals surface area contributed by atoms with E-state index < -0.39 is 21.4 Å². The number of aliphatic carboxylic acids is 2. The largest absolute Gasteiger partial charge is 0.549 e. The van der Waals surface area contributed by atoms with E-state index in [1.165, 1.54) is 24.3 Å². The lowest BCUT2D eigenvalue weighted by molar-refractivity contribution is -0.384. The van der Waals surface area contributed by atoms with Crippen LogP contribution in [0.15, 0.2) is 24.3 Å². The highest BCUT2D eigenvalue weighted by Gasteiger charge is 2.14. The van der Waals surface area contributed by atoms with Gasteiger partial charge in [0.25, 0.3) is 5.69 Å². The maximum absolute atomic E-state index is 10.5. The lowest BCUT2D eigenvalue weighted by Crippen LogP contribution is -2.26. The van der Waals surface area contributed by atoms with E-state index in [4.69, 9.17) is 0 Å². The molecule has 0 bridgehead atoms. The fraction of sp³-hybridized carbons (Fsp3) is 0.273. The third kappa shape index (κ3) is 5.49. The minimum atomic E-state index is -1.27. The number of nitrogens with zero attached hydrogens (tertiary/aromatic N) is 1. The average Bonchev–Trinajstić information content (AvgIpc) is 2.38. The van der Waals surface area contributed by atoms with Crippen LogP contribution in [-0.4, -0.2) is 28.4 Å². The van der Waals surface area contributed by atoms with Crippen LogP contribution < -0.4 is 10.2 Å². The molecule has 0 spiro atoms. The Hall–Kier alpha value is -1.74. The standard InChI is InChI=1S/C11H11NO6S2/c13-9(14)5-19-11(20-6-10(15)16)7-1-3-8(4-2-7)12(17)18/h1-4,11H,5-6H2,(H,13,14)(H,15,16)/p-2. The van der Waals surface area contributed by atoms with Crippen molar-refractivity contribution in [2.75, 3.05) is 11.5 Å². The number of thioether (sulfide) groups is 2. The zero-order valence-corrected chi connectivity index (χ0v) is 11.6. The molecule has 0 saturated carbocycles. The Bertz CT molecular complexity index is 486. The number of non-ortho nitro benzene ring substituents is 1. The van der Waals surface area contributed by atoms with Crippen LogP contribution in [0.2, 0.25) is 0 Å². The van der Waals surface area contributed by atoms with Gasteiger partial charge in [-0.2, -0.15) is 0 Å². The van der Waals surface area contributed by atoms with Crippen molar-refractivity contribution >= 4 is 41.1 Å². The molecule has 0 aromatic heterocycles. The Morgan fingerprint density at radius 1 is 1.05 bits per heavy atom. The van der Waals surface area contributed by atoms with Crippen molar-refractivity contribution in [2.24, 2.45) is 0 Å². The number of benzene rings is 1. The van der Waals surface area contributed by atoms with Gasteiger partial charge in [-0.05, 0) is 5.56 Å². The molecule has 0 saturated heterocycles. The number of nitro groups is 1. The van der Waals surface area contributed by atoms with Crippen molar-refractivity contribution in [3.63, 3.8) is 0 Å². The fourth-order valence-corrected chi connectivity index (χ4v) is 3.35. The molecule has 0 aliphatic rings. The minimum absolute atomic E-state index is 0.0951. The predicted molar refractivity (Wildman–Crippen MR) is 70.8 cm³/mol.